The van der Waals surface area contributed by atoms with E-state index in [0.717, 1.165) is 5.56 Å². The highest BCUT2D eigenvalue weighted by atomic mass is 16.7. The third kappa shape index (κ3) is 6.57. The normalized spacial score (nSPS) is 34.5. The zero-order valence-electron chi connectivity index (χ0n) is 19.5. The Morgan fingerprint density at radius 3 is 2.14 bits per heavy atom. The molecule has 8 N–H and O–H groups in total. The van der Waals surface area contributed by atoms with Crippen LogP contribution in [0.25, 0.3) is 12.2 Å². The van der Waals surface area contributed by atoms with Gasteiger partial charge >= 0.3 is 0 Å². The number of hydrogen-bond acceptors (Lipinski definition) is 12. The molecule has 2 saturated heterocycles. The fourth-order valence-corrected chi connectivity index (χ4v) is 3.95. The Balaban J connectivity index is 1.42. The number of benzene rings is 2. The number of hydrogen-bond donors (Lipinski definition) is 8. The number of aliphatic hydroxyl groups excluding tert-OH is 6. The molecular formula is C25H30O12. The monoisotopic (exact) mass is 522 g/mol. The second-order valence-corrected chi connectivity index (χ2v) is 8.90. The van der Waals surface area contributed by atoms with E-state index in [2.05, 4.69) is 0 Å². The lowest BCUT2D eigenvalue weighted by Crippen LogP contribution is -2.61. The largest absolute Gasteiger partial charge is 0.508 e. The van der Waals surface area contributed by atoms with Gasteiger partial charge in [0.1, 0.15) is 60.0 Å². The molecule has 0 spiro atoms. The van der Waals surface area contributed by atoms with Crippen molar-refractivity contribution in [3.8, 4) is 17.2 Å². The van der Waals surface area contributed by atoms with Gasteiger partial charge in [0, 0.05) is 6.07 Å². The van der Waals surface area contributed by atoms with Crippen molar-refractivity contribution < 1.29 is 59.8 Å². The Morgan fingerprint density at radius 1 is 0.730 bits per heavy atom. The molecule has 0 aliphatic carbocycles. The summed E-state index contributed by atoms with van der Waals surface area (Å²) in [5, 5.41) is 79.9. The Labute approximate surface area is 211 Å². The summed E-state index contributed by atoms with van der Waals surface area (Å²) in [4.78, 5) is 0. The first-order valence-corrected chi connectivity index (χ1v) is 11.6. The molecule has 0 bridgehead atoms. The fraction of sp³-hybridized carbons (Fsp3) is 0.440. The minimum Gasteiger partial charge on any atom is -0.508 e. The van der Waals surface area contributed by atoms with Crippen molar-refractivity contribution >= 4 is 12.2 Å². The summed E-state index contributed by atoms with van der Waals surface area (Å²) >= 11 is 0. The molecule has 0 aromatic heterocycles. The van der Waals surface area contributed by atoms with E-state index in [9.17, 15) is 40.9 Å². The molecule has 0 saturated carbocycles. The zero-order valence-corrected chi connectivity index (χ0v) is 19.5. The van der Waals surface area contributed by atoms with Gasteiger partial charge in [0.25, 0.3) is 0 Å². The van der Waals surface area contributed by atoms with Crippen LogP contribution in [0.3, 0.4) is 0 Å². The van der Waals surface area contributed by atoms with E-state index in [1.165, 1.54) is 24.3 Å². The Bertz CT molecular complexity index is 1060. The molecular weight excluding hydrogens is 492 g/mol. The van der Waals surface area contributed by atoms with E-state index >= 15 is 0 Å². The van der Waals surface area contributed by atoms with E-state index in [-0.39, 0.29) is 23.9 Å². The number of aliphatic hydroxyl groups is 6. The van der Waals surface area contributed by atoms with Gasteiger partial charge in [-0.25, -0.2) is 0 Å². The molecule has 2 aliphatic heterocycles. The maximum Gasteiger partial charge on any atom is 0.229 e. The van der Waals surface area contributed by atoms with Crippen LogP contribution < -0.4 is 4.74 Å². The summed E-state index contributed by atoms with van der Waals surface area (Å²) in [5.41, 5.74) is 1.33. The number of ether oxygens (including phenoxy) is 4. The molecule has 12 heteroatoms. The maximum absolute atomic E-state index is 10.4. The summed E-state index contributed by atoms with van der Waals surface area (Å²) in [6.45, 7) is -0.707. The molecule has 0 amide bonds. The van der Waals surface area contributed by atoms with Crippen LogP contribution in [-0.4, -0.2) is 109 Å². The third-order valence-corrected chi connectivity index (χ3v) is 6.07. The average molecular weight is 523 g/mol. The van der Waals surface area contributed by atoms with Crippen LogP contribution in [0.15, 0.2) is 42.5 Å². The van der Waals surface area contributed by atoms with Crippen molar-refractivity contribution in [3.63, 3.8) is 0 Å². The molecule has 2 aromatic carbocycles. The molecule has 0 radical (unpaired) electrons. The van der Waals surface area contributed by atoms with E-state index in [0.29, 0.717) is 5.56 Å². The summed E-state index contributed by atoms with van der Waals surface area (Å²) in [7, 11) is 0. The quantitative estimate of drug-likeness (QED) is 0.205. The van der Waals surface area contributed by atoms with Gasteiger partial charge in [-0.2, -0.15) is 0 Å². The molecule has 2 aromatic rings. The maximum atomic E-state index is 10.4. The molecule has 2 heterocycles. The highest BCUT2D eigenvalue weighted by Crippen LogP contribution is 2.29. The Kier molecular flexibility index (Phi) is 8.64. The van der Waals surface area contributed by atoms with Gasteiger partial charge in [0.2, 0.25) is 6.29 Å². The lowest BCUT2D eigenvalue weighted by molar-refractivity contribution is -0.307. The molecule has 9 atom stereocenters. The first-order valence-electron chi connectivity index (χ1n) is 11.6. The van der Waals surface area contributed by atoms with Gasteiger partial charge in [-0.3, -0.25) is 0 Å². The topological polar surface area (TPSA) is 199 Å². The molecule has 37 heavy (non-hydrogen) atoms. The predicted octanol–water partition coefficient (Wildman–Crippen LogP) is -1.09. The zero-order chi connectivity index (χ0) is 26.7. The van der Waals surface area contributed by atoms with Gasteiger partial charge < -0.3 is 59.8 Å². The van der Waals surface area contributed by atoms with Crippen molar-refractivity contribution in [3.05, 3.63) is 53.6 Å². The highest BCUT2D eigenvalue weighted by molar-refractivity contribution is 5.71. The van der Waals surface area contributed by atoms with Crippen molar-refractivity contribution in [1.82, 2.24) is 0 Å². The predicted molar refractivity (Wildman–Crippen MR) is 126 cm³/mol. The first kappa shape index (κ1) is 27.3. The van der Waals surface area contributed by atoms with Crippen LogP contribution in [0.2, 0.25) is 0 Å². The molecule has 12 nitrogen and oxygen atoms in total. The molecule has 2 fully saturated rings. The smallest absolute Gasteiger partial charge is 0.229 e. The van der Waals surface area contributed by atoms with Crippen LogP contribution in [-0.2, 0) is 14.2 Å². The van der Waals surface area contributed by atoms with Gasteiger partial charge in [0.05, 0.1) is 13.2 Å². The lowest BCUT2D eigenvalue weighted by atomic mass is 9.99. The molecule has 0 unspecified atom stereocenters. The van der Waals surface area contributed by atoms with Gasteiger partial charge in [-0.15, -0.1) is 0 Å². The third-order valence-electron chi connectivity index (χ3n) is 6.07. The Morgan fingerprint density at radius 2 is 1.41 bits per heavy atom. The Hall–Kier alpha value is -2.78. The second kappa shape index (κ2) is 11.7. The van der Waals surface area contributed by atoms with E-state index in [4.69, 9.17) is 18.9 Å². The van der Waals surface area contributed by atoms with Crippen LogP contribution >= 0.6 is 0 Å². The second-order valence-electron chi connectivity index (χ2n) is 8.90. The summed E-state index contributed by atoms with van der Waals surface area (Å²) in [5.74, 6) is 0.0877. The van der Waals surface area contributed by atoms with Crippen LogP contribution in [0.5, 0.6) is 17.2 Å². The summed E-state index contributed by atoms with van der Waals surface area (Å²) in [6.07, 6.45) is -9.85. The number of aromatic hydroxyl groups is 2. The van der Waals surface area contributed by atoms with E-state index < -0.39 is 61.9 Å². The van der Waals surface area contributed by atoms with Crippen molar-refractivity contribution in [2.75, 3.05) is 13.2 Å². The molecule has 2 aliphatic rings. The van der Waals surface area contributed by atoms with Crippen molar-refractivity contribution in [1.29, 1.82) is 0 Å². The standard InChI is InChI=1S/C25H30O12/c26-14-5-3-12(4-6-14)1-2-13-7-15(27)9-16(8-13)36-25-23(33)21(31)20(30)18(37-25)11-35-24-22(32)19(29)17(28)10-34-24/h1-9,17-33H,10-11H2/b2-1+/t17-,18-,19+,20-,21+,22-,23-,24+,25-/m1/s1. The minimum atomic E-state index is -1.68. The minimum absolute atomic E-state index is 0.0980. The van der Waals surface area contributed by atoms with Crippen molar-refractivity contribution in [2.45, 2.75) is 55.3 Å². The van der Waals surface area contributed by atoms with E-state index in [1.54, 1.807) is 30.4 Å². The number of phenolic OH excluding ortho intramolecular Hbond substituents is 2. The first-order chi connectivity index (χ1) is 17.6. The molecule has 202 valence electrons. The van der Waals surface area contributed by atoms with Crippen LogP contribution in [0.1, 0.15) is 11.1 Å². The number of phenols is 2. The number of rotatable bonds is 7. The average Bonchev–Trinajstić information content (AvgIpc) is 2.87. The van der Waals surface area contributed by atoms with Crippen molar-refractivity contribution in [2.24, 2.45) is 0 Å². The van der Waals surface area contributed by atoms with Crippen LogP contribution in [0, 0.1) is 0 Å². The fourth-order valence-electron chi connectivity index (χ4n) is 3.95. The van der Waals surface area contributed by atoms with Crippen LogP contribution in [0.4, 0.5) is 0 Å². The van der Waals surface area contributed by atoms with Gasteiger partial charge in [0.15, 0.2) is 6.29 Å². The lowest BCUT2D eigenvalue weighted by Gasteiger charge is -2.41. The highest BCUT2D eigenvalue weighted by Gasteiger charge is 2.46. The van der Waals surface area contributed by atoms with Gasteiger partial charge in [-0.1, -0.05) is 24.3 Å². The summed E-state index contributed by atoms with van der Waals surface area (Å²) < 4.78 is 21.8. The SMILES string of the molecule is Oc1ccc(/C=C/c2cc(O)cc(O[C@@H]3O[C@H](CO[C@@H]4OC[C@@H](O)[C@H](O)[C@H]4O)[C@@H](O)[C@H](O)[C@H]3O)c2)cc1. The van der Waals surface area contributed by atoms with Gasteiger partial charge in [-0.05, 0) is 35.4 Å². The summed E-state index contributed by atoms with van der Waals surface area (Å²) in [6, 6.07) is 10.8. The van der Waals surface area contributed by atoms with E-state index in [1.807, 2.05) is 0 Å². The molecule has 4 rings (SSSR count).